The van der Waals surface area contributed by atoms with Crippen LogP contribution in [0.1, 0.15) is 53.9 Å². The van der Waals surface area contributed by atoms with E-state index in [1.807, 2.05) is 0 Å². The van der Waals surface area contributed by atoms with Crippen molar-refractivity contribution in [2.24, 2.45) is 28.1 Å². The topological polar surface area (TPSA) is 71.4 Å². The molecule has 1 spiro atoms. The lowest BCUT2D eigenvalue weighted by Gasteiger charge is -2.36. The van der Waals surface area contributed by atoms with E-state index < -0.39 is 16.6 Å². The van der Waals surface area contributed by atoms with E-state index in [9.17, 15) is 19.5 Å². The fraction of sp³-hybridized carbons (Fsp3) is 0.722. The fourth-order valence-electron chi connectivity index (χ4n) is 4.96. The standard InChI is InChI=1S/C18H24O4/c1-9(2)12(19)11-13(20)17(5)8-10-16(3,4)6-7-18(10,14(11)21)15(17)22/h9-10,21H,6-8H2,1-5H3/t10-,17-,18?/m0/s1. The van der Waals surface area contributed by atoms with Gasteiger partial charge in [0.25, 0.3) is 0 Å². The summed E-state index contributed by atoms with van der Waals surface area (Å²) in [5.74, 6) is -1.65. The molecule has 0 saturated heterocycles. The monoisotopic (exact) mass is 304 g/mol. The van der Waals surface area contributed by atoms with Crippen molar-refractivity contribution in [1.29, 1.82) is 0 Å². The summed E-state index contributed by atoms with van der Waals surface area (Å²) in [6, 6.07) is 0. The van der Waals surface area contributed by atoms with Gasteiger partial charge in [-0.2, -0.15) is 0 Å². The third-order valence-corrected chi connectivity index (χ3v) is 6.38. The summed E-state index contributed by atoms with van der Waals surface area (Å²) in [5.41, 5.74) is -2.37. The van der Waals surface area contributed by atoms with Gasteiger partial charge in [-0.3, -0.25) is 14.4 Å². The second-order valence-corrected chi connectivity index (χ2v) is 8.45. The van der Waals surface area contributed by atoms with E-state index in [4.69, 9.17) is 0 Å². The number of aliphatic hydroxyl groups excluding tert-OH is 1. The molecule has 0 aromatic heterocycles. The first-order valence-corrected chi connectivity index (χ1v) is 8.08. The van der Waals surface area contributed by atoms with Crippen LogP contribution < -0.4 is 0 Å². The summed E-state index contributed by atoms with van der Waals surface area (Å²) in [6.45, 7) is 9.26. The SMILES string of the molecule is CC(C)C(=O)C1=C(O)C23CCC(C)(C)[C@@H]2C[C@@](C)(C1=O)C3=O. The Labute approximate surface area is 131 Å². The number of allylic oxidation sites excluding steroid dienone is 2. The van der Waals surface area contributed by atoms with Crippen LogP contribution in [0.25, 0.3) is 0 Å². The summed E-state index contributed by atoms with van der Waals surface area (Å²) >= 11 is 0. The second-order valence-electron chi connectivity index (χ2n) is 8.45. The van der Waals surface area contributed by atoms with Crippen molar-refractivity contribution in [1.82, 2.24) is 0 Å². The van der Waals surface area contributed by atoms with Gasteiger partial charge in [-0.05, 0) is 37.5 Å². The first-order valence-electron chi connectivity index (χ1n) is 8.08. The molecule has 0 amide bonds. The third-order valence-electron chi connectivity index (χ3n) is 6.38. The summed E-state index contributed by atoms with van der Waals surface area (Å²) in [6.07, 6.45) is 1.80. The highest BCUT2D eigenvalue weighted by molar-refractivity contribution is 6.32. The molecule has 22 heavy (non-hydrogen) atoms. The lowest BCUT2D eigenvalue weighted by atomic mass is 9.65. The van der Waals surface area contributed by atoms with Crippen LogP contribution in [0.3, 0.4) is 0 Å². The Morgan fingerprint density at radius 2 is 1.77 bits per heavy atom. The number of rotatable bonds is 2. The van der Waals surface area contributed by atoms with Gasteiger partial charge in [-0.15, -0.1) is 0 Å². The predicted octanol–water partition coefficient (Wildman–Crippen LogP) is 3.01. The maximum Gasteiger partial charge on any atom is 0.183 e. The Morgan fingerprint density at radius 1 is 1.18 bits per heavy atom. The number of aliphatic hydroxyl groups is 1. The van der Waals surface area contributed by atoms with Crippen molar-refractivity contribution >= 4 is 17.3 Å². The highest BCUT2D eigenvalue weighted by atomic mass is 16.3. The van der Waals surface area contributed by atoms with E-state index in [1.54, 1.807) is 20.8 Å². The lowest BCUT2D eigenvalue weighted by Crippen LogP contribution is -2.48. The van der Waals surface area contributed by atoms with E-state index in [0.717, 1.165) is 6.42 Å². The molecule has 1 N–H and O–H groups in total. The number of hydrogen-bond donors (Lipinski definition) is 1. The zero-order valence-corrected chi connectivity index (χ0v) is 13.9. The van der Waals surface area contributed by atoms with E-state index in [2.05, 4.69) is 13.8 Å². The van der Waals surface area contributed by atoms with Gasteiger partial charge in [0.2, 0.25) is 0 Å². The average molecular weight is 304 g/mol. The van der Waals surface area contributed by atoms with Crippen molar-refractivity contribution in [3.8, 4) is 0 Å². The van der Waals surface area contributed by atoms with Gasteiger partial charge < -0.3 is 5.11 Å². The minimum absolute atomic E-state index is 0.0705. The number of hydrogen-bond acceptors (Lipinski definition) is 4. The van der Waals surface area contributed by atoms with Crippen LogP contribution in [0.5, 0.6) is 0 Å². The fourth-order valence-corrected chi connectivity index (χ4v) is 4.96. The van der Waals surface area contributed by atoms with Gasteiger partial charge >= 0.3 is 0 Å². The molecule has 4 nitrogen and oxygen atoms in total. The van der Waals surface area contributed by atoms with E-state index in [1.165, 1.54) is 0 Å². The van der Waals surface area contributed by atoms with Gasteiger partial charge in [0, 0.05) is 5.92 Å². The molecule has 0 radical (unpaired) electrons. The van der Waals surface area contributed by atoms with Crippen LogP contribution >= 0.6 is 0 Å². The van der Waals surface area contributed by atoms with Gasteiger partial charge in [-0.1, -0.05) is 27.7 Å². The molecule has 0 aromatic carbocycles. The smallest absolute Gasteiger partial charge is 0.183 e. The molecule has 120 valence electrons. The van der Waals surface area contributed by atoms with Crippen molar-refractivity contribution in [2.75, 3.05) is 0 Å². The first kappa shape index (κ1) is 15.4. The summed E-state index contributed by atoms with van der Waals surface area (Å²) in [7, 11) is 0. The largest absolute Gasteiger partial charge is 0.510 e. The van der Waals surface area contributed by atoms with Crippen molar-refractivity contribution < 1.29 is 19.5 Å². The van der Waals surface area contributed by atoms with Crippen LogP contribution in [-0.2, 0) is 14.4 Å². The molecular formula is C18H24O4. The minimum atomic E-state index is -1.14. The predicted molar refractivity (Wildman–Crippen MR) is 81.2 cm³/mol. The Kier molecular flexibility index (Phi) is 2.87. The number of carbonyl (C=O) groups is 3. The Bertz CT molecular complexity index is 639. The highest BCUT2D eigenvalue weighted by Gasteiger charge is 2.74. The zero-order valence-electron chi connectivity index (χ0n) is 13.9. The second kappa shape index (κ2) is 4.09. The van der Waals surface area contributed by atoms with Crippen LogP contribution in [0, 0.1) is 28.1 Å². The normalized spacial score (nSPS) is 39.6. The molecule has 0 aromatic rings. The highest BCUT2D eigenvalue weighted by Crippen LogP contribution is 2.70. The molecule has 0 heterocycles. The quantitative estimate of drug-likeness (QED) is 0.629. The van der Waals surface area contributed by atoms with Gasteiger partial charge in [0.05, 0.1) is 10.8 Å². The number of Topliss-reactive ketones (excluding diaryl/α,β-unsaturated/α-hetero) is 3. The summed E-state index contributed by atoms with van der Waals surface area (Å²) in [4.78, 5) is 38.4. The Balaban J connectivity index is 2.29. The molecule has 3 aliphatic carbocycles. The molecule has 3 aliphatic rings. The van der Waals surface area contributed by atoms with Gasteiger partial charge in [0.15, 0.2) is 17.3 Å². The molecule has 2 bridgehead atoms. The lowest BCUT2D eigenvalue weighted by molar-refractivity contribution is -0.142. The van der Waals surface area contributed by atoms with E-state index in [-0.39, 0.29) is 40.1 Å². The molecule has 4 heteroatoms. The molecule has 3 rings (SSSR count). The summed E-state index contributed by atoms with van der Waals surface area (Å²) in [5, 5.41) is 10.8. The first-order chi connectivity index (χ1) is 10.00. The Hall–Kier alpha value is -1.45. The minimum Gasteiger partial charge on any atom is -0.510 e. The number of carbonyl (C=O) groups excluding carboxylic acids is 3. The molecule has 3 atom stereocenters. The maximum absolute atomic E-state index is 13.0. The molecule has 2 saturated carbocycles. The van der Waals surface area contributed by atoms with Crippen molar-refractivity contribution in [2.45, 2.75) is 53.9 Å². The van der Waals surface area contributed by atoms with E-state index >= 15 is 0 Å². The van der Waals surface area contributed by atoms with Crippen LogP contribution in [0.4, 0.5) is 0 Å². The molecule has 1 unspecified atom stereocenters. The third kappa shape index (κ3) is 1.46. The molecular weight excluding hydrogens is 280 g/mol. The Morgan fingerprint density at radius 3 is 2.32 bits per heavy atom. The molecule has 2 fully saturated rings. The van der Waals surface area contributed by atoms with Crippen LogP contribution in [-0.4, -0.2) is 22.5 Å². The van der Waals surface area contributed by atoms with Crippen LogP contribution in [0.2, 0.25) is 0 Å². The van der Waals surface area contributed by atoms with Crippen molar-refractivity contribution in [3.05, 3.63) is 11.3 Å². The number of ketones is 3. The molecule has 0 aliphatic heterocycles. The van der Waals surface area contributed by atoms with Gasteiger partial charge in [-0.25, -0.2) is 0 Å². The maximum atomic E-state index is 13.0. The zero-order chi connectivity index (χ0) is 16.7. The number of fused-ring (bicyclic) bond motifs is 1. The summed E-state index contributed by atoms with van der Waals surface area (Å²) < 4.78 is 0. The van der Waals surface area contributed by atoms with Crippen LogP contribution in [0.15, 0.2) is 11.3 Å². The van der Waals surface area contributed by atoms with E-state index in [0.29, 0.717) is 12.8 Å². The van der Waals surface area contributed by atoms with Crippen molar-refractivity contribution in [3.63, 3.8) is 0 Å². The average Bonchev–Trinajstić information content (AvgIpc) is 2.80. The van der Waals surface area contributed by atoms with Gasteiger partial charge in [0.1, 0.15) is 11.3 Å².